The zero-order valence-corrected chi connectivity index (χ0v) is 11.5. The fourth-order valence-corrected chi connectivity index (χ4v) is 1.73. The second kappa shape index (κ2) is 8.14. The topological polar surface area (TPSA) is 70.8 Å². The van der Waals surface area contributed by atoms with E-state index in [1.165, 1.54) is 24.4 Å². The molecule has 6 nitrogen and oxygen atoms in total. The molecule has 0 amide bonds. The average molecular weight is 266 g/mol. The van der Waals surface area contributed by atoms with Gasteiger partial charge in [0.1, 0.15) is 12.0 Å². The molecule has 19 heavy (non-hydrogen) atoms. The summed E-state index contributed by atoms with van der Waals surface area (Å²) in [7, 11) is 1.41. The average Bonchev–Trinajstić information content (AvgIpc) is 2.42. The maximum atomic E-state index is 11.5. The summed E-state index contributed by atoms with van der Waals surface area (Å²) in [6.45, 7) is 3.04. The van der Waals surface area contributed by atoms with Gasteiger partial charge >= 0.3 is 5.08 Å². The van der Waals surface area contributed by atoms with E-state index < -0.39 is 0 Å². The molecule has 0 saturated heterocycles. The summed E-state index contributed by atoms with van der Waals surface area (Å²) in [6.07, 6.45) is 5.62. The third-order valence-corrected chi connectivity index (χ3v) is 2.81. The van der Waals surface area contributed by atoms with Crippen molar-refractivity contribution in [3.05, 3.63) is 33.4 Å². The first-order valence-corrected chi connectivity index (χ1v) is 6.47. The first-order chi connectivity index (χ1) is 9.21. The van der Waals surface area contributed by atoms with Gasteiger partial charge in [0, 0.05) is 6.07 Å². The van der Waals surface area contributed by atoms with Gasteiger partial charge in [0.2, 0.25) is 11.2 Å². The van der Waals surface area contributed by atoms with Crippen molar-refractivity contribution in [2.24, 2.45) is 0 Å². The molecule has 6 heteroatoms. The fourth-order valence-electron chi connectivity index (χ4n) is 1.73. The molecule has 1 aromatic heterocycles. The predicted octanol–water partition coefficient (Wildman–Crippen LogP) is 2.80. The van der Waals surface area contributed by atoms with Crippen molar-refractivity contribution in [1.29, 1.82) is 5.39 Å². The molecular weight excluding hydrogens is 246 g/mol. The Kier molecular flexibility index (Phi) is 6.44. The minimum atomic E-state index is -0.243. The summed E-state index contributed by atoms with van der Waals surface area (Å²) in [5.41, 5.74) is -0.243. The van der Waals surface area contributed by atoms with Gasteiger partial charge in [-0.3, -0.25) is 4.79 Å². The molecular formula is C13H20N3O3+. The summed E-state index contributed by atoms with van der Waals surface area (Å²) in [5, 5.41) is 13.6. The second-order valence-corrected chi connectivity index (χ2v) is 4.32. The zero-order valence-electron chi connectivity index (χ0n) is 11.5. The van der Waals surface area contributed by atoms with Crippen LogP contribution in [0.1, 0.15) is 38.4 Å². The molecule has 0 radical (unpaired) electrons. The molecule has 0 aliphatic heterocycles. The molecule has 0 spiro atoms. The highest BCUT2D eigenvalue weighted by Gasteiger charge is 2.16. The molecule has 0 atom stereocenters. The Labute approximate surface area is 112 Å². The van der Waals surface area contributed by atoms with Crippen molar-refractivity contribution < 1.29 is 9.15 Å². The van der Waals surface area contributed by atoms with Gasteiger partial charge in [-0.1, -0.05) is 26.2 Å². The van der Waals surface area contributed by atoms with E-state index in [2.05, 4.69) is 12.0 Å². The highest BCUT2D eigenvalue weighted by Crippen LogP contribution is 2.09. The highest BCUT2D eigenvalue weighted by atomic mass is 16.5. The van der Waals surface area contributed by atoms with E-state index in [-0.39, 0.29) is 17.7 Å². The van der Waals surface area contributed by atoms with Gasteiger partial charge in [-0.05, 0) is 11.4 Å². The van der Waals surface area contributed by atoms with Gasteiger partial charge in [-0.2, -0.15) is 0 Å². The zero-order chi connectivity index (χ0) is 14.1. The first-order valence-electron chi connectivity index (χ1n) is 6.47. The number of rotatable bonds is 8. The van der Waals surface area contributed by atoms with Crippen molar-refractivity contribution in [3.8, 4) is 5.75 Å². The molecule has 0 aromatic carbocycles. The van der Waals surface area contributed by atoms with Crippen LogP contribution in [0.4, 0.5) is 0 Å². The summed E-state index contributed by atoms with van der Waals surface area (Å²) < 4.78 is 10.1. The Bertz CT molecular complexity index is 479. The van der Waals surface area contributed by atoms with Gasteiger partial charge in [0.25, 0.3) is 5.39 Å². The van der Waals surface area contributed by atoms with E-state index >= 15 is 0 Å². The maximum Gasteiger partial charge on any atom is 0.305 e. The normalized spacial score (nSPS) is 9.95. The molecule has 1 aromatic rings. The lowest BCUT2D eigenvalue weighted by Gasteiger charge is -2.04. The van der Waals surface area contributed by atoms with E-state index in [1.54, 1.807) is 0 Å². The number of diazo groups is 1. The van der Waals surface area contributed by atoms with Crippen molar-refractivity contribution in [1.82, 2.24) is 5.01 Å². The van der Waals surface area contributed by atoms with Crippen LogP contribution in [0.25, 0.3) is 5.08 Å². The summed E-state index contributed by atoms with van der Waals surface area (Å²) in [4.78, 5) is 11.5. The second-order valence-electron chi connectivity index (χ2n) is 4.32. The van der Waals surface area contributed by atoms with Gasteiger partial charge in [-0.25, -0.2) is 0 Å². The highest BCUT2D eigenvalue weighted by molar-refractivity contribution is 5.17. The van der Waals surface area contributed by atoms with Crippen LogP contribution >= 0.6 is 0 Å². The van der Waals surface area contributed by atoms with E-state index in [1.807, 2.05) is 0 Å². The minimum absolute atomic E-state index is 0.166. The van der Waals surface area contributed by atoms with Gasteiger partial charge in [0.15, 0.2) is 6.54 Å². The third-order valence-electron chi connectivity index (χ3n) is 2.81. The molecule has 0 aliphatic carbocycles. The number of nitrogens with zero attached hydrogens (tertiary/aromatic N) is 3. The smallest absolute Gasteiger partial charge is 0.305 e. The van der Waals surface area contributed by atoms with E-state index in [0.29, 0.717) is 12.3 Å². The summed E-state index contributed by atoms with van der Waals surface area (Å²) in [5.74, 6) is 0.610. The predicted molar refractivity (Wildman–Crippen MR) is 71.2 cm³/mol. The van der Waals surface area contributed by atoms with Crippen LogP contribution in [0.15, 0.2) is 21.5 Å². The molecule has 0 unspecified atom stereocenters. The largest absolute Gasteiger partial charge is 0.490 e. The summed E-state index contributed by atoms with van der Waals surface area (Å²) >= 11 is 0. The molecule has 0 fully saturated rings. The van der Waals surface area contributed by atoms with Gasteiger partial charge < -0.3 is 9.15 Å². The first kappa shape index (κ1) is 15.0. The lowest BCUT2D eigenvalue weighted by atomic mass is 10.2. The number of ether oxygens (including phenoxy) is 1. The van der Waals surface area contributed by atoms with Crippen LogP contribution < -0.4 is 10.2 Å². The van der Waals surface area contributed by atoms with Crippen molar-refractivity contribution in [3.63, 3.8) is 0 Å². The molecule has 104 valence electrons. The Morgan fingerprint density at radius 2 is 2.21 bits per heavy atom. The van der Waals surface area contributed by atoms with Crippen LogP contribution in [0, 0.1) is 5.39 Å². The monoisotopic (exact) mass is 266 g/mol. The summed E-state index contributed by atoms with van der Waals surface area (Å²) in [6, 6.07) is 1.35. The Morgan fingerprint density at radius 1 is 1.42 bits per heavy atom. The van der Waals surface area contributed by atoms with Crippen LogP contribution in [-0.4, -0.2) is 18.7 Å². The van der Waals surface area contributed by atoms with Crippen LogP contribution in [0.5, 0.6) is 5.75 Å². The SMILES string of the molecule is CCCCCCN(Cc1cc(=O)c(OC)co1)[N+]#N. The third kappa shape index (κ3) is 5.00. The van der Waals surface area contributed by atoms with Crippen LogP contribution in [-0.2, 0) is 6.54 Å². The molecule has 1 heterocycles. The lowest BCUT2D eigenvalue weighted by Crippen LogP contribution is -2.17. The Morgan fingerprint density at radius 3 is 2.79 bits per heavy atom. The fraction of sp³-hybridized carbons (Fsp3) is 0.615. The van der Waals surface area contributed by atoms with Crippen LogP contribution in [0.2, 0.25) is 0 Å². The van der Waals surface area contributed by atoms with Crippen molar-refractivity contribution in [2.75, 3.05) is 13.7 Å². The van der Waals surface area contributed by atoms with Crippen molar-refractivity contribution >= 4 is 0 Å². The quantitative estimate of drug-likeness (QED) is 0.411. The molecule has 0 N–H and O–H groups in total. The lowest BCUT2D eigenvalue weighted by molar-refractivity contribution is 0.300. The van der Waals surface area contributed by atoms with Gasteiger partial charge in [0.05, 0.1) is 13.7 Å². The van der Waals surface area contributed by atoms with E-state index in [9.17, 15) is 4.79 Å². The Balaban J connectivity index is 2.54. The molecule has 0 bridgehead atoms. The number of hydrogen-bond acceptors (Lipinski definition) is 5. The molecule has 0 aliphatic rings. The standard InChI is InChI=1S/C13H20N3O3/c1-3-4-5-6-7-16(15-14)9-11-8-12(17)13(18-2)10-19-11/h8,10H,3-7,9H2,1-2H3/q+1. The number of methoxy groups -OCH3 is 1. The molecule has 1 rings (SSSR count). The van der Waals surface area contributed by atoms with Gasteiger partial charge in [-0.15, -0.1) is 0 Å². The number of unbranched alkanes of at least 4 members (excludes halogenated alkanes) is 3. The molecule has 0 saturated carbocycles. The van der Waals surface area contributed by atoms with Crippen LogP contribution in [0.3, 0.4) is 0 Å². The number of hydrogen-bond donors (Lipinski definition) is 0. The maximum absolute atomic E-state index is 11.5. The van der Waals surface area contributed by atoms with Crippen molar-refractivity contribution in [2.45, 2.75) is 39.2 Å². The van der Waals surface area contributed by atoms with E-state index in [4.69, 9.17) is 14.5 Å². The Hall–Kier alpha value is -2.03. The minimum Gasteiger partial charge on any atom is -0.490 e. The van der Waals surface area contributed by atoms with E-state index in [0.717, 1.165) is 25.7 Å².